The van der Waals surface area contributed by atoms with Crippen molar-refractivity contribution in [2.45, 2.75) is 92.1 Å². The van der Waals surface area contributed by atoms with Gasteiger partial charge in [0.2, 0.25) is 11.8 Å². The van der Waals surface area contributed by atoms with Crippen molar-refractivity contribution in [1.82, 2.24) is 15.5 Å². The van der Waals surface area contributed by atoms with Gasteiger partial charge in [0.05, 0.1) is 6.61 Å². The molecule has 180 valence electrons. The Labute approximate surface area is 191 Å². The second kappa shape index (κ2) is 11.3. The van der Waals surface area contributed by atoms with E-state index in [0.29, 0.717) is 5.56 Å². The first-order valence-corrected chi connectivity index (χ1v) is 11.0. The number of nitrogens with one attached hydrogen (secondary N) is 2. The predicted molar refractivity (Wildman–Crippen MR) is 124 cm³/mol. The van der Waals surface area contributed by atoms with Crippen LogP contribution in [0.3, 0.4) is 0 Å². The number of rotatable bonds is 8. The van der Waals surface area contributed by atoms with Gasteiger partial charge in [0.15, 0.2) is 0 Å². The quantitative estimate of drug-likeness (QED) is 0.565. The van der Waals surface area contributed by atoms with Gasteiger partial charge in [-0.2, -0.15) is 0 Å². The van der Waals surface area contributed by atoms with Gasteiger partial charge in [-0.3, -0.25) is 9.59 Å². The number of aliphatic hydroxyl groups excluding tert-OH is 1. The standard InChI is InChI=1S/C24H39N3O5/c1-14(2)25-21(29)20(18-12-16(5)10-11-17(18)6)27(15(3)4)22(30)19(13-28)26-23(31)32-24(7,8)9/h10-12,14-15,19-20,28H,13H2,1-9H3,(H,25,29)(H,26,31). The number of ether oxygens (including phenoxy) is 1. The van der Waals surface area contributed by atoms with Crippen molar-refractivity contribution in [3.8, 4) is 0 Å². The predicted octanol–water partition coefficient (Wildman–Crippen LogP) is 2.99. The van der Waals surface area contributed by atoms with Crippen LogP contribution in [0.5, 0.6) is 0 Å². The molecule has 2 atom stereocenters. The molecular formula is C24H39N3O5. The van der Waals surface area contributed by atoms with Crippen LogP contribution in [0.15, 0.2) is 18.2 Å². The average Bonchev–Trinajstić information content (AvgIpc) is 2.63. The van der Waals surface area contributed by atoms with Crippen molar-refractivity contribution in [3.05, 3.63) is 34.9 Å². The highest BCUT2D eigenvalue weighted by molar-refractivity contribution is 5.92. The van der Waals surface area contributed by atoms with Crippen LogP contribution >= 0.6 is 0 Å². The zero-order valence-electron chi connectivity index (χ0n) is 20.8. The second-order valence-electron chi connectivity index (χ2n) is 9.65. The first-order chi connectivity index (χ1) is 14.7. The normalized spacial score (nSPS) is 13.5. The Morgan fingerprint density at radius 2 is 1.66 bits per heavy atom. The van der Waals surface area contributed by atoms with Crippen molar-refractivity contribution in [1.29, 1.82) is 0 Å². The summed E-state index contributed by atoms with van der Waals surface area (Å²) in [6, 6.07) is 3.03. The van der Waals surface area contributed by atoms with E-state index in [1.807, 2.05) is 45.9 Å². The number of benzene rings is 1. The van der Waals surface area contributed by atoms with Gasteiger partial charge in [0, 0.05) is 12.1 Å². The smallest absolute Gasteiger partial charge is 0.408 e. The molecule has 0 heterocycles. The van der Waals surface area contributed by atoms with Crippen LogP contribution in [0.25, 0.3) is 0 Å². The molecule has 0 aliphatic carbocycles. The van der Waals surface area contributed by atoms with Crippen LogP contribution in [0.1, 0.15) is 71.2 Å². The summed E-state index contributed by atoms with van der Waals surface area (Å²) >= 11 is 0. The van der Waals surface area contributed by atoms with E-state index >= 15 is 0 Å². The number of amides is 3. The van der Waals surface area contributed by atoms with Gasteiger partial charge in [-0.25, -0.2) is 4.79 Å². The summed E-state index contributed by atoms with van der Waals surface area (Å²) in [6.45, 7) is 15.6. The maximum absolute atomic E-state index is 13.5. The fourth-order valence-electron chi connectivity index (χ4n) is 3.33. The topological polar surface area (TPSA) is 108 Å². The Morgan fingerprint density at radius 1 is 1.06 bits per heavy atom. The lowest BCUT2D eigenvalue weighted by Gasteiger charge is -2.37. The summed E-state index contributed by atoms with van der Waals surface area (Å²) in [7, 11) is 0. The van der Waals surface area contributed by atoms with E-state index in [0.717, 1.165) is 11.1 Å². The number of carbonyl (C=O) groups excluding carboxylic acids is 3. The SMILES string of the molecule is Cc1ccc(C)c(C(C(=O)NC(C)C)N(C(=O)C(CO)NC(=O)OC(C)(C)C)C(C)C)c1. The molecule has 2 unspecified atom stereocenters. The second-order valence-corrected chi connectivity index (χ2v) is 9.65. The molecule has 3 N–H and O–H groups in total. The monoisotopic (exact) mass is 449 g/mol. The van der Waals surface area contributed by atoms with Crippen LogP contribution in [0.4, 0.5) is 4.79 Å². The van der Waals surface area contributed by atoms with E-state index in [4.69, 9.17) is 4.74 Å². The minimum Gasteiger partial charge on any atom is -0.444 e. The molecule has 0 aromatic heterocycles. The maximum atomic E-state index is 13.5. The molecule has 0 spiro atoms. The van der Waals surface area contributed by atoms with Gasteiger partial charge in [-0.15, -0.1) is 0 Å². The highest BCUT2D eigenvalue weighted by atomic mass is 16.6. The van der Waals surface area contributed by atoms with Crippen molar-refractivity contribution in [2.75, 3.05) is 6.61 Å². The van der Waals surface area contributed by atoms with Crippen molar-refractivity contribution in [2.24, 2.45) is 0 Å². The molecule has 0 bridgehead atoms. The zero-order valence-corrected chi connectivity index (χ0v) is 20.8. The number of aliphatic hydroxyl groups is 1. The molecule has 1 aromatic carbocycles. The van der Waals surface area contributed by atoms with E-state index in [1.165, 1.54) is 4.90 Å². The molecule has 32 heavy (non-hydrogen) atoms. The minimum absolute atomic E-state index is 0.132. The molecule has 0 radical (unpaired) electrons. The van der Waals surface area contributed by atoms with Crippen LogP contribution in [-0.4, -0.2) is 58.2 Å². The van der Waals surface area contributed by atoms with Crippen LogP contribution in [0, 0.1) is 13.8 Å². The molecule has 1 aromatic rings. The molecule has 0 aliphatic rings. The van der Waals surface area contributed by atoms with Gasteiger partial charge in [0.1, 0.15) is 17.7 Å². The first kappa shape index (κ1) is 27.4. The summed E-state index contributed by atoms with van der Waals surface area (Å²) < 4.78 is 5.23. The molecule has 8 nitrogen and oxygen atoms in total. The van der Waals surface area contributed by atoms with Gasteiger partial charge in [0.25, 0.3) is 0 Å². The van der Waals surface area contributed by atoms with Crippen molar-refractivity contribution >= 4 is 17.9 Å². The third-order valence-electron chi connectivity index (χ3n) is 4.67. The minimum atomic E-state index is -1.26. The fourth-order valence-corrected chi connectivity index (χ4v) is 3.33. The van der Waals surface area contributed by atoms with Gasteiger partial charge < -0.3 is 25.4 Å². The van der Waals surface area contributed by atoms with E-state index in [-0.39, 0.29) is 18.0 Å². The van der Waals surface area contributed by atoms with E-state index in [9.17, 15) is 19.5 Å². The van der Waals surface area contributed by atoms with E-state index in [2.05, 4.69) is 10.6 Å². The number of aryl methyl sites for hydroxylation is 2. The molecule has 0 saturated carbocycles. The number of hydrogen-bond acceptors (Lipinski definition) is 5. The Kier molecular flexibility index (Phi) is 9.70. The third-order valence-corrected chi connectivity index (χ3v) is 4.67. The average molecular weight is 450 g/mol. The van der Waals surface area contributed by atoms with Crippen molar-refractivity contribution < 1.29 is 24.2 Å². The van der Waals surface area contributed by atoms with E-state index < -0.39 is 36.3 Å². The van der Waals surface area contributed by atoms with Gasteiger partial charge in [-0.05, 0) is 73.4 Å². The van der Waals surface area contributed by atoms with Crippen LogP contribution < -0.4 is 10.6 Å². The Bertz CT molecular complexity index is 814. The molecule has 0 aliphatic heterocycles. The fraction of sp³-hybridized carbons (Fsp3) is 0.625. The van der Waals surface area contributed by atoms with Crippen molar-refractivity contribution in [3.63, 3.8) is 0 Å². The highest BCUT2D eigenvalue weighted by Crippen LogP contribution is 2.28. The van der Waals surface area contributed by atoms with E-state index in [1.54, 1.807) is 34.6 Å². The molecular weight excluding hydrogens is 410 g/mol. The Morgan fingerprint density at radius 3 is 2.12 bits per heavy atom. The van der Waals surface area contributed by atoms with Gasteiger partial charge >= 0.3 is 6.09 Å². The number of carbonyl (C=O) groups is 3. The number of nitrogens with zero attached hydrogens (tertiary/aromatic N) is 1. The Balaban J connectivity index is 3.43. The Hall–Kier alpha value is -2.61. The number of hydrogen-bond donors (Lipinski definition) is 3. The molecule has 0 fully saturated rings. The summed E-state index contributed by atoms with van der Waals surface area (Å²) in [6.07, 6.45) is -0.816. The molecule has 1 rings (SSSR count). The highest BCUT2D eigenvalue weighted by Gasteiger charge is 2.38. The first-order valence-electron chi connectivity index (χ1n) is 11.0. The molecule has 3 amide bonds. The summed E-state index contributed by atoms with van der Waals surface area (Å²) in [4.78, 5) is 40.5. The maximum Gasteiger partial charge on any atom is 0.408 e. The number of alkyl carbamates (subject to hydrolysis) is 1. The third kappa shape index (κ3) is 7.82. The lowest BCUT2D eigenvalue weighted by atomic mass is 9.95. The largest absolute Gasteiger partial charge is 0.444 e. The van der Waals surface area contributed by atoms with Crippen LogP contribution in [-0.2, 0) is 14.3 Å². The zero-order chi connectivity index (χ0) is 24.8. The molecule has 0 saturated heterocycles. The molecule has 8 heteroatoms. The lowest BCUT2D eigenvalue weighted by molar-refractivity contribution is -0.145. The van der Waals surface area contributed by atoms with Gasteiger partial charge in [-0.1, -0.05) is 23.8 Å². The summed E-state index contributed by atoms with van der Waals surface area (Å²) in [5, 5.41) is 15.2. The van der Waals surface area contributed by atoms with Crippen LogP contribution in [0.2, 0.25) is 0 Å². The summed E-state index contributed by atoms with van der Waals surface area (Å²) in [5.74, 6) is -0.900. The summed E-state index contributed by atoms with van der Waals surface area (Å²) in [5.41, 5.74) is 1.75. The lowest BCUT2D eigenvalue weighted by Crippen LogP contribution is -2.56.